The summed E-state index contributed by atoms with van der Waals surface area (Å²) in [5, 5.41) is 2.63. The van der Waals surface area contributed by atoms with Gasteiger partial charge in [-0.3, -0.25) is 14.4 Å². The Hall–Kier alpha value is -3.68. The van der Waals surface area contributed by atoms with E-state index in [0.717, 1.165) is 42.5 Å². The van der Waals surface area contributed by atoms with Gasteiger partial charge < -0.3 is 19.7 Å². The average molecular weight is 495 g/mol. The molecule has 36 heavy (non-hydrogen) atoms. The van der Waals surface area contributed by atoms with Gasteiger partial charge in [-0.15, -0.1) is 0 Å². The highest BCUT2D eigenvalue weighted by molar-refractivity contribution is 6.01. The zero-order valence-corrected chi connectivity index (χ0v) is 21.2. The van der Waals surface area contributed by atoms with Crippen LogP contribution in [0.25, 0.3) is 0 Å². The molecule has 8 heteroatoms. The molecule has 2 aromatic rings. The van der Waals surface area contributed by atoms with Gasteiger partial charge in [-0.2, -0.15) is 0 Å². The second-order valence-electron chi connectivity index (χ2n) is 8.76. The lowest BCUT2D eigenvalue weighted by atomic mass is 10.0. The topological polar surface area (TPSA) is 102 Å². The molecular weight excluding hydrogens is 460 g/mol. The number of carbonyl (C=O) groups excluding carboxylic acids is 4. The van der Waals surface area contributed by atoms with E-state index in [1.54, 1.807) is 29.2 Å². The molecule has 1 fully saturated rings. The third-order valence-corrected chi connectivity index (χ3v) is 6.17. The van der Waals surface area contributed by atoms with Crippen molar-refractivity contribution in [2.75, 3.05) is 30.0 Å². The first kappa shape index (κ1) is 26.9. The molecule has 1 N–H and O–H groups in total. The molecule has 1 heterocycles. The lowest BCUT2D eigenvalue weighted by Crippen LogP contribution is -2.29. The molecule has 1 aliphatic rings. The van der Waals surface area contributed by atoms with E-state index < -0.39 is 30.4 Å². The van der Waals surface area contributed by atoms with Gasteiger partial charge in [-0.05, 0) is 54.7 Å². The van der Waals surface area contributed by atoms with Crippen molar-refractivity contribution in [3.05, 3.63) is 59.2 Å². The van der Waals surface area contributed by atoms with Crippen molar-refractivity contribution in [2.24, 2.45) is 5.92 Å². The molecule has 0 saturated carbocycles. The maximum Gasteiger partial charge on any atom is 0.338 e. The van der Waals surface area contributed by atoms with Crippen molar-refractivity contribution >= 4 is 35.1 Å². The summed E-state index contributed by atoms with van der Waals surface area (Å²) in [6.07, 6.45) is 3.35. The second-order valence-corrected chi connectivity index (χ2v) is 8.76. The highest BCUT2D eigenvalue weighted by atomic mass is 16.5. The summed E-state index contributed by atoms with van der Waals surface area (Å²) in [6, 6.07) is 12.3. The van der Waals surface area contributed by atoms with Crippen molar-refractivity contribution in [1.29, 1.82) is 0 Å². The maximum atomic E-state index is 12.8. The Kier molecular flexibility index (Phi) is 9.61. The van der Waals surface area contributed by atoms with E-state index in [4.69, 9.17) is 9.47 Å². The molecule has 0 unspecified atom stereocenters. The minimum absolute atomic E-state index is 0.0530. The fraction of sp³-hybridized carbons (Fsp3) is 0.429. The number of para-hydroxylation sites is 1. The SMILES string of the molecule is CCCCOC(=O)c1ccc(NC(=O)COC(=O)[C@@H]2CC(=O)N(c3c(CC)cccc3CC)C2)cc1. The monoisotopic (exact) mass is 494 g/mol. The molecule has 8 nitrogen and oxygen atoms in total. The summed E-state index contributed by atoms with van der Waals surface area (Å²) in [5.74, 6) is -2.24. The number of amides is 2. The van der Waals surface area contributed by atoms with Gasteiger partial charge in [0.2, 0.25) is 5.91 Å². The number of benzene rings is 2. The quantitative estimate of drug-likeness (QED) is 0.369. The van der Waals surface area contributed by atoms with E-state index in [0.29, 0.717) is 17.9 Å². The molecule has 1 aliphatic heterocycles. The van der Waals surface area contributed by atoms with Gasteiger partial charge in [-0.25, -0.2) is 4.79 Å². The van der Waals surface area contributed by atoms with Gasteiger partial charge in [0, 0.05) is 24.3 Å². The number of esters is 2. The van der Waals surface area contributed by atoms with Gasteiger partial charge in [0.05, 0.1) is 18.1 Å². The van der Waals surface area contributed by atoms with Crippen molar-refractivity contribution in [1.82, 2.24) is 0 Å². The van der Waals surface area contributed by atoms with E-state index >= 15 is 0 Å². The van der Waals surface area contributed by atoms with Gasteiger partial charge in [0.25, 0.3) is 5.91 Å². The number of anilines is 2. The fourth-order valence-corrected chi connectivity index (χ4v) is 4.18. The zero-order valence-electron chi connectivity index (χ0n) is 21.2. The van der Waals surface area contributed by atoms with Crippen LogP contribution in [0.4, 0.5) is 11.4 Å². The van der Waals surface area contributed by atoms with E-state index in [9.17, 15) is 19.2 Å². The Balaban J connectivity index is 1.52. The summed E-state index contributed by atoms with van der Waals surface area (Å²) in [6.45, 7) is 6.23. The average Bonchev–Trinajstić information content (AvgIpc) is 3.28. The minimum atomic E-state index is -0.627. The van der Waals surface area contributed by atoms with Crippen LogP contribution >= 0.6 is 0 Å². The number of hydrogen-bond donors (Lipinski definition) is 1. The van der Waals surface area contributed by atoms with E-state index in [1.807, 2.05) is 39.0 Å². The first-order valence-corrected chi connectivity index (χ1v) is 12.5. The molecule has 192 valence electrons. The number of nitrogens with one attached hydrogen (secondary N) is 1. The zero-order chi connectivity index (χ0) is 26.1. The largest absolute Gasteiger partial charge is 0.462 e. The van der Waals surface area contributed by atoms with Crippen LogP contribution in [0.1, 0.15) is 61.5 Å². The van der Waals surface area contributed by atoms with Crippen LogP contribution in [0.5, 0.6) is 0 Å². The van der Waals surface area contributed by atoms with Crippen LogP contribution in [0, 0.1) is 5.92 Å². The molecule has 0 aromatic heterocycles. The van der Waals surface area contributed by atoms with Gasteiger partial charge in [-0.1, -0.05) is 45.4 Å². The summed E-state index contributed by atoms with van der Waals surface area (Å²) in [5.41, 5.74) is 3.87. The van der Waals surface area contributed by atoms with Crippen LogP contribution < -0.4 is 10.2 Å². The van der Waals surface area contributed by atoms with Crippen molar-refractivity contribution in [3.8, 4) is 0 Å². The van der Waals surface area contributed by atoms with Crippen LogP contribution in [-0.4, -0.2) is 43.5 Å². The normalized spacial score (nSPS) is 15.0. The molecule has 0 aliphatic carbocycles. The first-order chi connectivity index (χ1) is 17.4. The molecule has 2 aromatic carbocycles. The van der Waals surface area contributed by atoms with E-state index in [1.165, 1.54) is 0 Å². The Morgan fingerprint density at radius 1 is 0.972 bits per heavy atom. The van der Waals surface area contributed by atoms with E-state index in [2.05, 4.69) is 5.32 Å². The van der Waals surface area contributed by atoms with Gasteiger partial charge >= 0.3 is 11.9 Å². The molecule has 2 amide bonds. The third kappa shape index (κ3) is 6.71. The number of unbranched alkanes of at least 4 members (excludes halogenated alkanes) is 1. The first-order valence-electron chi connectivity index (χ1n) is 12.5. The smallest absolute Gasteiger partial charge is 0.338 e. The second kappa shape index (κ2) is 12.9. The van der Waals surface area contributed by atoms with Crippen LogP contribution in [0.2, 0.25) is 0 Å². The minimum Gasteiger partial charge on any atom is -0.462 e. The standard InChI is InChI=1S/C28H34N2O6/c1-4-7-15-35-27(33)21-11-13-23(14-12-21)29-24(31)18-36-28(34)22-16-25(32)30(17-22)26-19(5-2)9-8-10-20(26)6-3/h8-14,22H,4-7,15-18H2,1-3H3,(H,29,31)/t22-/m1/s1. The molecule has 1 atom stereocenters. The Bertz CT molecular complexity index is 1070. The van der Waals surface area contributed by atoms with Crippen molar-refractivity contribution in [3.63, 3.8) is 0 Å². The number of aryl methyl sites for hydroxylation is 2. The Morgan fingerprint density at radius 3 is 2.25 bits per heavy atom. The maximum absolute atomic E-state index is 12.8. The van der Waals surface area contributed by atoms with Gasteiger partial charge in [0.1, 0.15) is 0 Å². The molecule has 0 radical (unpaired) electrons. The predicted octanol–water partition coefficient (Wildman–Crippen LogP) is 4.30. The highest BCUT2D eigenvalue weighted by Gasteiger charge is 2.37. The number of nitrogens with zero attached hydrogens (tertiary/aromatic N) is 1. The molecular formula is C28H34N2O6. The number of rotatable bonds is 11. The van der Waals surface area contributed by atoms with Crippen molar-refractivity contribution in [2.45, 2.75) is 52.9 Å². The number of ether oxygens (including phenoxy) is 2. The predicted molar refractivity (Wildman–Crippen MR) is 137 cm³/mol. The summed E-state index contributed by atoms with van der Waals surface area (Å²) in [7, 11) is 0. The third-order valence-electron chi connectivity index (χ3n) is 6.17. The number of carbonyl (C=O) groups is 4. The summed E-state index contributed by atoms with van der Waals surface area (Å²) >= 11 is 0. The van der Waals surface area contributed by atoms with Crippen molar-refractivity contribution < 1.29 is 28.7 Å². The molecule has 0 bridgehead atoms. The molecule has 1 saturated heterocycles. The Labute approximate surface area is 212 Å². The van der Waals surface area contributed by atoms with Crippen LogP contribution in [0.3, 0.4) is 0 Å². The van der Waals surface area contributed by atoms with Crippen LogP contribution in [0.15, 0.2) is 42.5 Å². The number of hydrogen-bond acceptors (Lipinski definition) is 6. The summed E-state index contributed by atoms with van der Waals surface area (Å²) in [4.78, 5) is 51.3. The Morgan fingerprint density at radius 2 is 1.64 bits per heavy atom. The fourth-order valence-electron chi connectivity index (χ4n) is 4.18. The van der Waals surface area contributed by atoms with E-state index in [-0.39, 0.29) is 18.9 Å². The highest BCUT2D eigenvalue weighted by Crippen LogP contribution is 2.32. The molecule has 3 rings (SSSR count). The lowest BCUT2D eigenvalue weighted by Gasteiger charge is -2.23. The molecule has 0 spiro atoms. The van der Waals surface area contributed by atoms with Gasteiger partial charge in [0.15, 0.2) is 6.61 Å². The van der Waals surface area contributed by atoms with Crippen LogP contribution in [-0.2, 0) is 36.7 Å². The summed E-state index contributed by atoms with van der Waals surface area (Å²) < 4.78 is 10.4. The lowest BCUT2D eigenvalue weighted by molar-refractivity contribution is -0.151.